The van der Waals surface area contributed by atoms with Gasteiger partial charge in [0.1, 0.15) is 24.4 Å². The topological polar surface area (TPSA) is 83.5 Å². The van der Waals surface area contributed by atoms with E-state index in [-0.39, 0.29) is 19.8 Å². The molecule has 1 fully saturated rings. The Morgan fingerprint density at radius 1 is 0.548 bits per heavy atom. The lowest BCUT2D eigenvalue weighted by atomic mass is 9.94. The van der Waals surface area contributed by atoms with Crippen LogP contribution in [0.1, 0.15) is 22.3 Å². The molecule has 1 N–H and O–H groups in total. The number of rotatable bonds is 14. The third-order valence-corrected chi connectivity index (χ3v) is 7.13. The van der Waals surface area contributed by atoms with Crippen molar-refractivity contribution in [2.75, 3.05) is 6.61 Å². The molecule has 0 radical (unpaired) electrons. The molecule has 0 amide bonds. The number of ether oxygens (including phenoxy) is 5. The van der Waals surface area contributed by atoms with Crippen LogP contribution in [-0.2, 0) is 54.9 Å². The van der Waals surface area contributed by atoms with E-state index in [2.05, 4.69) is 0 Å². The molecular weight excluding hydrogens is 532 g/mol. The molecule has 0 unspecified atom stereocenters. The Bertz CT molecular complexity index is 1340. The zero-order chi connectivity index (χ0) is 29.0. The zero-order valence-electron chi connectivity index (χ0n) is 23.4. The molecule has 7 heteroatoms. The van der Waals surface area contributed by atoms with Gasteiger partial charge in [0.15, 0.2) is 6.10 Å². The summed E-state index contributed by atoms with van der Waals surface area (Å²) in [5, 5.41) is 10.3. The Morgan fingerprint density at radius 2 is 0.929 bits per heavy atom. The van der Waals surface area contributed by atoms with E-state index < -0.39 is 36.5 Å². The SMILES string of the molecule is O=C(O)[C@@H]1O[C@H](COCc2ccccc2)[C@@H](OCc2ccccc2)[C@H](OCc2ccccc2)[C@H]1OCc1ccccc1. The summed E-state index contributed by atoms with van der Waals surface area (Å²) in [7, 11) is 0. The average molecular weight is 569 g/mol. The fourth-order valence-electron chi connectivity index (χ4n) is 4.99. The van der Waals surface area contributed by atoms with Crippen LogP contribution in [-0.4, -0.2) is 48.2 Å². The van der Waals surface area contributed by atoms with E-state index in [1.54, 1.807) is 0 Å². The van der Waals surface area contributed by atoms with Gasteiger partial charge in [0.25, 0.3) is 0 Å². The Kier molecular flexibility index (Phi) is 10.9. The van der Waals surface area contributed by atoms with Gasteiger partial charge in [-0.3, -0.25) is 0 Å². The standard InChI is InChI=1S/C35H36O7/c36-35(37)34-33(41-24-29-19-11-4-12-20-29)32(40-23-28-17-9-3-10-18-28)31(39-22-27-15-7-2-8-16-27)30(42-34)25-38-21-26-13-5-1-6-14-26/h1-20,30-34H,21-25H2,(H,36,37)/t30-,31-,32+,33-,34-/m1/s1. The summed E-state index contributed by atoms with van der Waals surface area (Å²) in [5.74, 6) is -1.13. The van der Waals surface area contributed by atoms with Gasteiger partial charge in [0, 0.05) is 0 Å². The van der Waals surface area contributed by atoms with Crippen molar-refractivity contribution < 1.29 is 33.6 Å². The maximum absolute atomic E-state index is 12.6. The lowest BCUT2D eigenvalue weighted by Gasteiger charge is -2.45. The fourth-order valence-corrected chi connectivity index (χ4v) is 4.99. The normalized spacial score (nSPS) is 22.0. The second-order valence-corrected chi connectivity index (χ2v) is 10.2. The summed E-state index contributed by atoms with van der Waals surface area (Å²) in [5.41, 5.74) is 3.85. The Morgan fingerprint density at radius 3 is 1.36 bits per heavy atom. The predicted molar refractivity (Wildman–Crippen MR) is 157 cm³/mol. The van der Waals surface area contributed by atoms with Crippen LogP contribution in [0.3, 0.4) is 0 Å². The van der Waals surface area contributed by atoms with Crippen LogP contribution in [0.2, 0.25) is 0 Å². The van der Waals surface area contributed by atoms with E-state index in [9.17, 15) is 9.90 Å². The van der Waals surface area contributed by atoms with E-state index in [4.69, 9.17) is 23.7 Å². The third-order valence-electron chi connectivity index (χ3n) is 7.13. The first-order valence-electron chi connectivity index (χ1n) is 14.1. The molecule has 0 spiro atoms. The molecular formula is C35H36O7. The second kappa shape index (κ2) is 15.4. The van der Waals surface area contributed by atoms with Crippen molar-refractivity contribution in [1.29, 1.82) is 0 Å². The van der Waals surface area contributed by atoms with Crippen LogP contribution in [0.5, 0.6) is 0 Å². The van der Waals surface area contributed by atoms with Gasteiger partial charge in [-0.15, -0.1) is 0 Å². The molecule has 0 aliphatic carbocycles. The number of carbonyl (C=O) groups is 1. The lowest BCUT2D eigenvalue weighted by Crippen LogP contribution is -2.63. The van der Waals surface area contributed by atoms with Gasteiger partial charge in [-0.05, 0) is 22.3 Å². The third kappa shape index (κ3) is 8.35. The van der Waals surface area contributed by atoms with Crippen LogP contribution in [0.25, 0.3) is 0 Å². The fraction of sp³-hybridized carbons (Fsp3) is 0.286. The maximum atomic E-state index is 12.6. The monoisotopic (exact) mass is 568 g/mol. The van der Waals surface area contributed by atoms with E-state index in [1.165, 1.54) is 0 Å². The summed E-state index contributed by atoms with van der Waals surface area (Å²) in [6, 6.07) is 39.0. The molecule has 0 aromatic heterocycles. The van der Waals surface area contributed by atoms with Crippen molar-refractivity contribution in [3.8, 4) is 0 Å². The van der Waals surface area contributed by atoms with Crippen molar-refractivity contribution in [3.63, 3.8) is 0 Å². The van der Waals surface area contributed by atoms with Gasteiger partial charge in [-0.2, -0.15) is 0 Å². The highest BCUT2D eigenvalue weighted by molar-refractivity contribution is 5.73. The average Bonchev–Trinajstić information content (AvgIpc) is 3.04. The minimum Gasteiger partial charge on any atom is -0.479 e. The lowest BCUT2D eigenvalue weighted by molar-refractivity contribution is -0.271. The quantitative estimate of drug-likeness (QED) is 0.206. The predicted octanol–water partition coefficient (Wildman–Crippen LogP) is 5.81. The summed E-state index contributed by atoms with van der Waals surface area (Å²) >= 11 is 0. The first-order chi connectivity index (χ1) is 20.7. The van der Waals surface area contributed by atoms with Crippen LogP contribution >= 0.6 is 0 Å². The molecule has 7 nitrogen and oxygen atoms in total. The molecule has 1 aliphatic rings. The largest absolute Gasteiger partial charge is 0.479 e. The molecule has 218 valence electrons. The number of benzene rings is 4. The van der Waals surface area contributed by atoms with Gasteiger partial charge in [-0.25, -0.2) is 4.79 Å². The Hall–Kier alpha value is -3.85. The highest BCUT2D eigenvalue weighted by atomic mass is 16.6. The highest BCUT2D eigenvalue weighted by Crippen LogP contribution is 2.31. The van der Waals surface area contributed by atoms with E-state index in [0.29, 0.717) is 13.2 Å². The number of carboxylic acids is 1. The van der Waals surface area contributed by atoms with Crippen LogP contribution in [0.4, 0.5) is 0 Å². The summed E-state index contributed by atoms with van der Waals surface area (Å²) in [6.45, 7) is 1.22. The van der Waals surface area contributed by atoms with Crippen molar-refractivity contribution in [2.45, 2.75) is 56.9 Å². The maximum Gasteiger partial charge on any atom is 0.335 e. The Labute approximate surface area is 246 Å². The molecule has 4 aromatic carbocycles. The van der Waals surface area contributed by atoms with Crippen LogP contribution in [0, 0.1) is 0 Å². The van der Waals surface area contributed by atoms with Gasteiger partial charge < -0.3 is 28.8 Å². The molecule has 1 heterocycles. The van der Waals surface area contributed by atoms with Crippen LogP contribution < -0.4 is 0 Å². The smallest absolute Gasteiger partial charge is 0.335 e. The Balaban J connectivity index is 1.41. The van der Waals surface area contributed by atoms with Crippen molar-refractivity contribution in [3.05, 3.63) is 144 Å². The number of hydrogen-bond acceptors (Lipinski definition) is 6. The molecule has 1 aliphatic heterocycles. The zero-order valence-corrected chi connectivity index (χ0v) is 23.4. The van der Waals surface area contributed by atoms with Gasteiger partial charge in [-0.1, -0.05) is 121 Å². The molecule has 0 bridgehead atoms. The molecule has 4 aromatic rings. The second-order valence-electron chi connectivity index (χ2n) is 10.2. The van der Waals surface area contributed by atoms with Gasteiger partial charge in [0.05, 0.1) is 33.0 Å². The number of hydrogen-bond donors (Lipinski definition) is 1. The minimum absolute atomic E-state index is 0.120. The molecule has 5 rings (SSSR count). The van der Waals surface area contributed by atoms with E-state index in [1.807, 2.05) is 121 Å². The molecule has 0 saturated carbocycles. The number of aliphatic carboxylic acids is 1. The van der Waals surface area contributed by atoms with Gasteiger partial charge in [0.2, 0.25) is 0 Å². The van der Waals surface area contributed by atoms with E-state index in [0.717, 1.165) is 22.3 Å². The summed E-state index contributed by atoms with van der Waals surface area (Å²) < 4.78 is 31.6. The molecule has 1 saturated heterocycles. The van der Waals surface area contributed by atoms with E-state index >= 15 is 0 Å². The van der Waals surface area contributed by atoms with Gasteiger partial charge >= 0.3 is 5.97 Å². The summed E-state index contributed by atoms with van der Waals surface area (Å²) in [4.78, 5) is 12.6. The van der Waals surface area contributed by atoms with Crippen LogP contribution in [0.15, 0.2) is 121 Å². The molecule has 42 heavy (non-hydrogen) atoms. The first kappa shape index (κ1) is 29.6. The number of carboxylic acid groups (broad SMARTS) is 1. The summed E-state index contributed by atoms with van der Waals surface area (Å²) in [6.07, 6.45) is -4.34. The molecule has 5 atom stereocenters. The van der Waals surface area contributed by atoms with Crippen molar-refractivity contribution in [1.82, 2.24) is 0 Å². The highest BCUT2D eigenvalue weighted by Gasteiger charge is 2.51. The van der Waals surface area contributed by atoms with Crippen molar-refractivity contribution >= 4 is 5.97 Å². The van der Waals surface area contributed by atoms with Crippen molar-refractivity contribution in [2.24, 2.45) is 0 Å². The minimum atomic E-state index is -1.28. The first-order valence-corrected chi connectivity index (χ1v) is 14.1.